The number of nitrogens with zero attached hydrogens (tertiary/aromatic N) is 1. The third-order valence-electron chi connectivity index (χ3n) is 1.90. The molecular weight excluding hydrogens is 178 g/mol. The van der Waals surface area contributed by atoms with Gasteiger partial charge < -0.3 is 0 Å². The maximum atomic E-state index is 11.5. The highest BCUT2D eigenvalue weighted by Crippen LogP contribution is 2.21. The van der Waals surface area contributed by atoms with Gasteiger partial charge in [-0.3, -0.25) is 14.5 Å². The van der Waals surface area contributed by atoms with Gasteiger partial charge in [0.25, 0.3) is 11.8 Å². The molecule has 70 valence electrons. The minimum absolute atomic E-state index is 0.0215. The van der Waals surface area contributed by atoms with E-state index in [2.05, 4.69) is 19.1 Å². The van der Waals surface area contributed by atoms with Gasteiger partial charge in [0.15, 0.2) is 0 Å². The van der Waals surface area contributed by atoms with E-state index in [0.29, 0.717) is 0 Å². The summed E-state index contributed by atoms with van der Waals surface area (Å²) in [4.78, 5) is 24.1. The van der Waals surface area contributed by atoms with Gasteiger partial charge in [0.05, 0.1) is 17.7 Å². The first-order valence-electron chi connectivity index (χ1n) is 3.96. The Balaban J connectivity index is 3.16. The second kappa shape index (κ2) is 3.75. The molecule has 0 unspecified atom stereocenters. The molecule has 2 amide bonds. The Morgan fingerprint density at radius 3 is 1.93 bits per heavy atom. The Labute approximate surface area is 82.4 Å². The van der Waals surface area contributed by atoms with Gasteiger partial charge in [-0.15, -0.1) is 6.42 Å². The second-order valence-electron chi connectivity index (χ2n) is 2.64. The van der Waals surface area contributed by atoms with E-state index in [-0.39, 0.29) is 17.7 Å². The van der Waals surface area contributed by atoms with Gasteiger partial charge in [-0.25, -0.2) is 0 Å². The van der Waals surface area contributed by atoms with E-state index in [4.69, 9.17) is 6.42 Å². The second-order valence-corrected chi connectivity index (χ2v) is 2.64. The van der Waals surface area contributed by atoms with Crippen molar-refractivity contribution < 1.29 is 9.59 Å². The van der Waals surface area contributed by atoms with Crippen LogP contribution in [-0.4, -0.2) is 23.3 Å². The summed E-state index contributed by atoms with van der Waals surface area (Å²) < 4.78 is 0. The van der Waals surface area contributed by atoms with Gasteiger partial charge in [0.1, 0.15) is 0 Å². The molecule has 1 aliphatic heterocycles. The van der Waals surface area contributed by atoms with Crippen molar-refractivity contribution in [2.45, 2.75) is 0 Å². The summed E-state index contributed by atoms with van der Waals surface area (Å²) in [5, 5.41) is 0. The Kier molecular flexibility index (Phi) is 2.68. The summed E-state index contributed by atoms with van der Waals surface area (Å²) in [6, 6.07) is 0. The van der Waals surface area contributed by atoms with E-state index in [1.165, 1.54) is 12.2 Å². The number of carbonyl (C=O) groups is 2. The summed E-state index contributed by atoms with van der Waals surface area (Å²) in [5.74, 6) is 1.44. The summed E-state index contributed by atoms with van der Waals surface area (Å²) in [7, 11) is 0. The lowest BCUT2D eigenvalue weighted by molar-refractivity contribution is -0.136. The predicted molar refractivity (Wildman–Crippen MR) is 53.0 cm³/mol. The Bertz CT molecular complexity index is 366. The average Bonchev–Trinajstić information content (AvgIpc) is 2.41. The zero-order valence-electron chi connectivity index (χ0n) is 7.62. The van der Waals surface area contributed by atoms with Crippen LogP contribution >= 0.6 is 0 Å². The van der Waals surface area contributed by atoms with Crippen molar-refractivity contribution in [3.8, 4) is 12.3 Å². The fourth-order valence-electron chi connectivity index (χ4n) is 1.24. The largest absolute Gasteiger partial charge is 0.269 e. The zero-order valence-corrected chi connectivity index (χ0v) is 7.62. The van der Waals surface area contributed by atoms with Crippen molar-refractivity contribution in [2.24, 2.45) is 0 Å². The lowest BCUT2D eigenvalue weighted by Crippen LogP contribution is -2.31. The lowest BCUT2D eigenvalue weighted by Gasteiger charge is -2.09. The van der Waals surface area contributed by atoms with Gasteiger partial charge >= 0.3 is 0 Å². The normalized spacial score (nSPS) is 15.8. The predicted octanol–water partition coefficient (Wildman–Crippen LogP) is 0.657. The van der Waals surface area contributed by atoms with E-state index in [1.54, 1.807) is 0 Å². The van der Waals surface area contributed by atoms with Gasteiger partial charge in [-0.2, -0.15) is 0 Å². The highest BCUT2D eigenvalue weighted by atomic mass is 16.2. The monoisotopic (exact) mass is 187 g/mol. The number of imide groups is 1. The topological polar surface area (TPSA) is 37.4 Å². The van der Waals surface area contributed by atoms with Crippen LogP contribution in [0.2, 0.25) is 0 Å². The van der Waals surface area contributed by atoms with E-state index >= 15 is 0 Å². The van der Waals surface area contributed by atoms with Crippen LogP contribution in [0, 0.1) is 12.3 Å². The number of terminal acetylenes is 1. The fourth-order valence-corrected chi connectivity index (χ4v) is 1.24. The van der Waals surface area contributed by atoms with E-state index in [9.17, 15) is 9.59 Å². The molecule has 3 heteroatoms. The Morgan fingerprint density at radius 1 is 1.21 bits per heavy atom. The van der Waals surface area contributed by atoms with Crippen LogP contribution in [0.25, 0.3) is 0 Å². The molecule has 0 aliphatic carbocycles. The van der Waals surface area contributed by atoms with Crippen molar-refractivity contribution in [3.05, 3.63) is 36.5 Å². The first-order chi connectivity index (χ1) is 6.67. The molecule has 0 aromatic carbocycles. The summed E-state index contributed by atoms with van der Waals surface area (Å²) >= 11 is 0. The molecule has 3 nitrogen and oxygen atoms in total. The fraction of sp³-hybridized carbons (Fsp3) is 0.0909. The average molecular weight is 187 g/mol. The molecule has 14 heavy (non-hydrogen) atoms. The van der Waals surface area contributed by atoms with Crippen molar-refractivity contribution in [1.82, 2.24) is 4.90 Å². The van der Waals surface area contributed by atoms with Gasteiger partial charge in [-0.1, -0.05) is 31.2 Å². The van der Waals surface area contributed by atoms with Crippen LogP contribution in [0.15, 0.2) is 36.5 Å². The molecular formula is C11H9NO2. The molecule has 1 aliphatic rings. The van der Waals surface area contributed by atoms with Crippen molar-refractivity contribution >= 4 is 11.8 Å². The van der Waals surface area contributed by atoms with Gasteiger partial charge in [0, 0.05) is 0 Å². The quantitative estimate of drug-likeness (QED) is 0.480. The molecule has 0 atom stereocenters. The number of rotatable bonds is 3. The van der Waals surface area contributed by atoms with Crippen LogP contribution < -0.4 is 0 Å². The third kappa shape index (κ3) is 1.27. The molecule has 0 spiro atoms. The molecule has 0 N–H and O–H groups in total. The molecule has 1 heterocycles. The number of carbonyl (C=O) groups excluding carboxylic acids is 2. The molecule has 0 aromatic rings. The minimum Gasteiger partial charge on any atom is -0.269 e. The van der Waals surface area contributed by atoms with Crippen molar-refractivity contribution in [3.63, 3.8) is 0 Å². The first kappa shape index (κ1) is 10.0. The molecule has 0 saturated heterocycles. The maximum Gasteiger partial charge on any atom is 0.262 e. The highest BCUT2D eigenvalue weighted by Gasteiger charge is 2.34. The molecule has 0 fully saturated rings. The van der Waals surface area contributed by atoms with Gasteiger partial charge in [0.2, 0.25) is 0 Å². The van der Waals surface area contributed by atoms with Crippen molar-refractivity contribution in [1.29, 1.82) is 0 Å². The number of hydrogen-bond donors (Lipinski definition) is 0. The van der Waals surface area contributed by atoms with E-state index in [1.807, 2.05) is 0 Å². The summed E-state index contributed by atoms with van der Waals surface area (Å²) in [6.07, 6.45) is 7.72. The van der Waals surface area contributed by atoms with Crippen LogP contribution in [-0.2, 0) is 9.59 Å². The Morgan fingerprint density at radius 2 is 1.64 bits per heavy atom. The zero-order chi connectivity index (χ0) is 10.7. The summed E-state index contributed by atoms with van der Waals surface area (Å²) in [5.41, 5.74) is 0.528. The van der Waals surface area contributed by atoms with Crippen LogP contribution in [0.4, 0.5) is 0 Å². The first-order valence-corrected chi connectivity index (χ1v) is 3.96. The van der Waals surface area contributed by atoms with Crippen LogP contribution in [0.5, 0.6) is 0 Å². The molecule has 0 saturated carbocycles. The molecule has 0 radical (unpaired) electrons. The number of hydrogen-bond acceptors (Lipinski definition) is 2. The minimum atomic E-state index is -0.405. The molecule has 0 aromatic heterocycles. The maximum absolute atomic E-state index is 11.5. The standard InChI is InChI=1S/C11H9NO2/c1-4-7-12-10(13)8(5-2)9(6-3)11(12)14/h1,5-6H,2-3,7H2. The van der Waals surface area contributed by atoms with Gasteiger partial charge in [-0.05, 0) is 0 Å². The summed E-state index contributed by atoms with van der Waals surface area (Å²) in [6.45, 7) is 6.91. The smallest absolute Gasteiger partial charge is 0.262 e. The van der Waals surface area contributed by atoms with Crippen LogP contribution in [0.3, 0.4) is 0 Å². The van der Waals surface area contributed by atoms with E-state index in [0.717, 1.165) is 4.90 Å². The highest BCUT2D eigenvalue weighted by molar-refractivity contribution is 6.22. The molecule has 1 rings (SSSR count). The van der Waals surface area contributed by atoms with Crippen molar-refractivity contribution in [2.75, 3.05) is 6.54 Å². The number of amides is 2. The Hall–Kier alpha value is -2.08. The lowest BCUT2D eigenvalue weighted by atomic mass is 10.1. The third-order valence-corrected chi connectivity index (χ3v) is 1.90. The van der Waals surface area contributed by atoms with E-state index < -0.39 is 11.8 Å². The van der Waals surface area contributed by atoms with Crippen LogP contribution in [0.1, 0.15) is 0 Å². The SMILES string of the molecule is C#CCN1C(=O)C(C=C)=C(C=C)C1=O. The molecule has 0 bridgehead atoms.